The Balaban J connectivity index is 1.98. The lowest BCUT2D eigenvalue weighted by molar-refractivity contribution is 0.919. The van der Waals surface area contributed by atoms with Crippen LogP contribution in [0.2, 0.25) is 0 Å². The summed E-state index contributed by atoms with van der Waals surface area (Å²) < 4.78 is 2.30. The minimum absolute atomic E-state index is 0.357. The van der Waals surface area contributed by atoms with Gasteiger partial charge >= 0.3 is 0 Å². The molecular formula is C22H20NP. The molecule has 2 unspecified atom stereocenters. The third-order valence-corrected chi connectivity index (χ3v) is 5.35. The Morgan fingerprint density at radius 1 is 0.750 bits per heavy atom. The van der Waals surface area contributed by atoms with Crippen molar-refractivity contribution in [3.05, 3.63) is 84.4 Å². The minimum atomic E-state index is 0.357. The first-order valence-electron chi connectivity index (χ1n) is 8.25. The molecule has 0 aromatic heterocycles. The lowest BCUT2D eigenvalue weighted by Gasteiger charge is -2.33. The van der Waals surface area contributed by atoms with E-state index in [2.05, 4.69) is 106 Å². The fourth-order valence-electron chi connectivity index (χ4n) is 3.31. The molecule has 0 fully saturated rings. The Kier molecular flexibility index (Phi) is 3.96. The fourth-order valence-corrected chi connectivity index (χ4v) is 3.68. The maximum absolute atomic E-state index is 2.90. The Bertz CT molecular complexity index is 885. The van der Waals surface area contributed by atoms with Crippen molar-refractivity contribution in [3.8, 4) is 22.3 Å². The molecule has 4 rings (SSSR count). The number of benzene rings is 3. The zero-order valence-electron chi connectivity index (χ0n) is 13.7. The largest absolute Gasteiger partial charge is 0.349 e. The molecule has 3 aromatic carbocycles. The van der Waals surface area contributed by atoms with Crippen LogP contribution in [0.25, 0.3) is 28.3 Å². The van der Waals surface area contributed by atoms with Crippen LogP contribution < -0.4 is 4.67 Å². The highest BCUT2D eigenvalue weighted by Crippen LogP contribution is 2.44. The second-order valence-corrected chi connectivity index (χ2v) is 6.72. The fraction of sp³-hybridized carbons (Fsp3) is 0.0909. The van der Waals surface area contributed by atoms with Crippen molar-refractivity contribution in [1.82, 2.24) is 0 Å². The van der Waals surface area contributed by atoms with Crippen molar-refractivity contribution in [1.29, 1.82) is 0 Å². The maximum atomic E-state index is 2.90. The summed E-state index contributed by atoms with van der Waals surface area (Å²) in [5, 5.41) is 0. The van der Waals surface area contributed by atoms with E-state index < -0.39 is 0 Å². The molecular weight excluding hydrogens is 309 g/mol. The van der Waals surface area contributed by atoms with Gasteiger partial charge in [0.2, 0.25) is 0 Å². The molecule has 2 atom stereocenters. The van der Waals surface area contributed by atoms with E-state index in [1.54, 1.807) is 0 Å². The van der Waals surface area contributed by atoms with E-state index in [0.29, 0.717) is 6.04 Å². The van der Waals surface area contributed by atoms with Gasteiger partial charge in [-0.15, -0.1) is 0 Å². The topological polar surface area (TPSA) is 3.24 Å². The lowest BCUT2D eigenvalue weighted by atomic mass is 9.90. The molecule has 0 spiro atoms. The van der Waals surface area contributed by atoms with Crippen LogP contribution in [0.15, 0.2) is 78.9 Å². The molecule has 0 N–H and O–H groups in total. The zero-order chi connectivity index (χ0) is 16.5. The van der Waals surface area contributed by atoms with Crippen molar-refractivity contribution in [3.63, 3.8) is 0 Å². The molecule has 1 aliphatic heterocycles. The predicted octanol–water partition coefficient (Wildman–Crippen LogP) is 6.03. The van der Waals surface area contributed by atoms with Gasteiger partial charge in [0.25, 0.3) is 0 Å². The van der Waals surface area contributed by atoms with Gasteiger partial charge in [-0.1, -0.05) is 84.9 Å². The minimum Gasteiger partial charge on any atom is -0.349 e. The average Bonchev–Trinajstić information content (AvgIpc) is 2.65. The Morgan fingerprint density at radius 3 is 1.92 bits per heavy atom. The van der Waals surface area contributed by atoms with Crippen LogP contribution in [0.4, 0.5) is 5.69 Å². The molecule has 1 aliphatic rings. The van der Waals surface area contributed by atoms with E-state index in [4.69, 9.17) is 0 Å². The molecule has 0 aliphatic carbocycles. The highest BCUT2D eigenvalue weighted by Gasteiger charge is 2.22. The third-order valence-electron chi connectivity index (χ3n) is 4.63. The quantitative estimate of drug-likeness (QED) is 0.519. The molecule has 0 saturated carbocycles. The number of anilines is 1. The highest BCUT2D eigenvalue weighted by atomic mass is 31.0. The molecule has 0 radical (unpaired) electrons. The molecule has 1 nitrogen and oxygen atoms in total. The molecule has 1 heterocycles. The van der Waals surface area contributed by atoms with E-state index in [0.717, 1.165) is 0 Å². The summed E-state index contributed by atoms with van der Waals surface area (Å²) >= 11 is 0. The molecule has 0 saturated heterocycles. The molecule has 0 amide bonds. The predicted molar refractivity (Wildman–Crippen MR) is 108 cm³/mol. The first-order valence-corrected chi connectivity index (χ1v) is 8.77. The van der Waals surface area contributed by atoms with Crippen LogP contribution in [0.5, 0.6) is 0 Å². The van der Waals surface area contributed by atoms with Crippen LogP contribution in [-0.4, -0.2) is 6.04 Å². The first kappa shape index (κ1) is 15.2. The van der Waals surface area contributed by atoms with E-state index >= 15 is 0 Å². The smallest absolute Gasteiger partial charge is 0.0559 e. The van der Waals surface area contributed by atoms with Gasteiger partial charge in [0, 0.05) is 17.2 Å². The van der Waals surface area contributed by atoms with Crippen molar-refractivity contribution >= 4 is 21.2 Å². The normalized spacial score (nSPS) is 16.1. The number of hydrogen-bond acceptors (Lipinski definition) is 1. The van der Waals surface area contributed by atoms with Crippen LogP contribution in [0.1, 0.15) is 12.5 Å². The van der Waals surface area contributed by atoms with Gasteiger partial charge in [-0.25, -0.2) is 0 Å². The second kappa shape index (κ2) is 6.26. The second-order valence-electron chi connectivity index (χ2n) is 6.16. The van der Waals surface area contributed by atoms with Gasteiger partial charge in [0.15, 0.2) is 0 Å². The van der Waals surface area contributed by atoms with E-state index in [1.165, 1.54) is 33.5 Å². The molecule has 118 valence electrons. The first-order chi connectivity index (χ1) is 11.8. The van der Waals surface area contributed by atoms with Crippen LogP contribution in [0, 0.1) is 0 Å². The van der Waals surface area contributed by atoms with Crippen LogP contribution in [-0.2, 0) is 0 Å². The highest BCUT2D eigenvalue weighted by molar-refractivity contribution is 7.19. The van der Waals surface area contributed by atoms with E-state index in [-0.39, 0.29) is 0 Å². The lowest BCUT2D eigenvalue weighted by Crippen LogP contribution is -2.24. The zero-order valence-corrected chi connectivity index (χ0v) is 14.8. The van der Waals surface area contributed by atoms with Crippen LogP contribution >= 0.6 is 9.39 Å². The maximum Gasteiger partial charge on any atom is 0.0559 e. The Labute approximate surface area is 145 Å². The number of rotatable bonds is 2. The summed E-state index contributed by atoms with van der Waals surface area (Å²) in [6, 6.07) is 26.1. The van der Waals surface area contributed by atoms with Gasteiger partial charge < -0.3 is 4.67 Å². The van der Waals surface area contributed by atoms with Gasteiger partial charge in [0.1, 0.15) is 0 Å². The number of hydrogen-bond donors (Lipinski definition) is 0. The molecule has 2 heteroatoms. The monoisotopic (exact) mass is 329 g/mol. The summed E-state index contributed by atoms with van der Waals surface area (Å²) in [5.74, 6) is 0. The Morgan fingerprint density at radius 2 is 1.29 bits per heavy atom. The van der Waals surface area contributed by atoms with Gasteiger partial charge in [-0.3, -0.25) is 0 Å². The number of nitrogens with zero attached hydrogens (tertiary/aromatic N) is 1. The van der Waals surface area contributed by atoms with Crippen molar-refractivity contribution in [2.24, 2.45) is 0 Å². The van der Waals surface area contributed by atoms with Gasteiger partial charge in [-0.05, 0) is 33.0 Å². The Hall–Kier alpha value is -2.37. The summed E-state index contributed by atoms with van der Waals surface area (Å²) in [6.07, 6.45) is 4.53. The van der Waals surface area contributed by atoms with Gasteiger partial charge in [-0.2, -0.15) is 0 Å². The molecule has 0 bridgehead atoms. The summed E-state index contributed by atoms with van der Waals surface area (Å²) in [5.41, 5.74) is 7.63. The van der Waals surface area contributed by atoms with Crippen LogP contribution in [0.3, 0.4) is 0 Å². The van der Waals surface area contributed by atoms with Crippen molar-refractivity contribution in [2.75, 3.05) is 4.67 Å². The van der Waals surface area contributed by atoms with Crippen molar-refractivity contribution in [2.45, 2.75) is 13.0 Å². The summed E-state index contributed by atoms with van der Waals surface area (Å²) in [4.78, 5) is 0. The molecule has 3 aromatic rings. The number of fused-ring (bicyclic) bond motifs is 1. The average molecular weight is 329 g/mol. The van der Waals surface area contributed by atoms with E-state index in [9.17, 15) is 0 Å². The SMILES string of the molecule is CC1C=Cc2c(-c3ccccc3)ccc(-c3ccccc3)c2N1P. The van der Waals surface area contributed by atoms with Crippen molar-refractivity contribution < 1.29 is 0 Å². The van der Waals surface area contributed by atoms with E-state index in [1.807, 2.05) is 0 Å². The summed E-state index contributed by atoms with van der Waals surface area (Å²) in [7, 11) is 2.90. The standard InChI is InChI=1S/C22H20NP/c1-16-12-13-21-19(17-8-4-2-5-9-17)14-15-20(22(21)23(16)24)18-10-6-3-7-11-18/h2-16H,24H2,1H3. The summed E-state index contributed by atoms with van der Waals surface area (Å²) in [6.45, 7) is 2.22. The van der Waals surface area contributed by atoms with Gasteiger partial charge in [0.05, 0.1) is 5.69 Å². The third kappa shape index (κ3) is 2.56. The molecule has 24 heavy (non-hydrogen) atoms.